The maximum absolute atomic E-state index is 11.7. The van der Waals surface area contributed by atoms with E-state index in [2.05, 4.69) is 15.6 Å². The van der Waals surface area contributed by atoms with Gasteiger partial charge in [-0.05, 0) is 33.2 Å². The lowest BCUT2D eigenvalue weighted by Crippen LogP contribution is -2.39. The molecule has 0 saturated carbocycles. The van der Waals surface area contributed by atoms with Gasteiger partial charge in [-0.15, -0.1) is 11.3 Å². The lowest BCUT2D eigenvalue weighted by molar-refractivity contribution is -0.122. The van der Waals surface area contributed by atoms with E-state index < -0.39 is 0 Å². The van der Waals surface area contributed by atoms with Gasteiger partial charge in [-0.25, -0.2) is 4.98 Å². The molecule has 1 aliphatic rings. The quantitative estimate of drug-likeness (QED) is 0.831. The number of thiazole rings is 1. The number of carbonyl (C=O) groups is 1. The van der Waals surface area contributed by atoms with Gasteiger partial charge >= 0.3 is 0 Å². The van der Waals surface area contributed by atoms with Crippen LogP contribution in [-0.2, 0) is 11.3 Å². The highest BCUT2D eigenvalue weighted by atomic mass is 32.1. The summed E-state index contributed by atoms with van der Waals surface area (Å²) < 4.78 is 0. The molecule has 1 fully saturated rings. The molecule has 5 heteroatoms. The molecule has 0 radical (unpaired) electrons. The third-order valence-electron chi connectivity index (χ3n) is 2.80. The van der Waals surface area contributed by atoms with Gasteiger partial charge in [-0.1, -0.05) is 0 Å². The Balaban J connectivity index is 1.87. The smallest absolute Gasteiger partial charge is 0.237 e. The zero-order valence-corrected chi connectivity index (χ0v) is 10.5. The number of nitrogens with one attached hydrogen (secondary N) is 2. The molecule has 1 aromatic rings. The molecule has 0 spiro atoms. The Morgan fingerprint density at radius 2 is 2.44 bits per heavy atom. The zero-order valence-electron chi connectivity index (χ0n) is 9.67. The van der Waals surface area contributed by atoms with E-state index in [1.165, 1.54) is 0 Å². The fourth-order valence-electron chi connectivity index (χ4n) is 1.94. The summed E-state index contributed by atoms with van der Waals surface area (Å²) in [6.45, 7) is 5.53. The highest BCUT2D eigenvalue weighted by Crippen LogP contribution is 2.16. The first-order chi connectivity index (χ1) is 7.66. The molecule has 2 heterocycles. The molecule has 4 nitrogen and oxygen atoms in total. The fraction of sp³-hybridized carbons (Fsp3) is 0.636. The van der Waals surface area contributed by atoms with Gasteiger partial charge in [0.2, 0.25) is 5.91 Å². The van der Waals surface area contributed by atoms with Crippen LogP contribution in [0.3, 0.4) is 0 Å². The van der Waals surface area contributed by atoms with E-state index in [9.17, 15) is 4.79 Å². The van der Waals surface area contributed by atoms with E-state index in [0.717, 1.165) is 35.0 Å². The Morgan fingerprint density at radius 1 is 1.62 bits per heavy atom. The van der Waals surface area contributed by atoms with Gasteiger partial charge < -0.3 is 10.6 Å². The first-order valence-corrected chi connectivity index (χ1v) is 6.42. The fourth-order valence-corrected chi connectivity index (χ4v) is 2.81. The van der Waals surface area contributed by atoms with Gasteiger partial charge in [-0.2, -0.15) is 0 Å². The highest BCUT2D eigenvalue weighted by Gasteiger charge is 2.21. The molecule has 1 unspecified atom stereocenters. The van der Waals surface area contributed by atoms with Crippen LogP contribution in [-0.4, -0.2) is 23.5 Å². The molecule has 0 aromatic carbocycles. The number of hydrogen-bond acceptors (Lipinski definition) is 4. The average molecular weight is 239 g/mol. The number of hydrogen-bond donors (Lipinski definition) is 2. The standard InChI is InChI=1S/C11H17N3OS/c1-7-10(16-8(2)14-7)6-13-11(15)9-4-3-5-12-9/h9,12H,3-6H2,1-2H3,(H,13,15). The number of aryl methyl sites for hydroxylation is 2. The molecule has 0 aliphatic carbocycles. The molecule has 1 saturated heterocycles. The summed E-state index contributed by atoms with van der Waals surface area (Å²) in [7, 11) is 0. The van der Waals surface area contributed by atoms with E-state index in [-0.39, 0.29) is 11.9 Å². The van der Waals surface area contributed by atoms with Crippen molar-refractivity contribution < 1.29 is 4.79 Å². The largest absolute Gasteiger partial charge is 0.350 e. The first-order valence-electron chi connectivity index (χ1n) is 5.61. The van der Waals surface area contributed by atoms with Crippen LogP contribution in [0.25, 0.3) is 0 Å². The maximum Gasteiger partial charge on any atom is 0.237 e. The van der Waals surface area contributed by atoms with Crippen LogP contribution in [0.1, 0.15) is 28.4 Å². The van der Waals surface area contributed by atoms with Gasteiger partial charge in [0.1, 0.15) is 0 Å². The molecule has 1 aliphatic heterocycles. The van der Waals surface area contributed by atoms with Crippen molar-refractivity contribution in [1.82, 2.24) is 15.6 Å². The van der Waals surface area contributed by atoms with Crippen LogP contribution in [0.4, 0.5) is 0 Å². The van der Waals surface area contributed by atoms with Crippen LogP contribution in [0.5, 0.6) is 0 Å². The second-order valence-electron chi connectivity index (χ2n) is 4.11. The highest BCUT2D eigenvalue weighted by molar-refractivity contribution is 7.11. The minimum Gasteiger partial charge on any atom is -0.350 e. The van der Waals surface area contributed by atoms with Crippen LogP contribution >= 0.6 is 11.3 Å². The third kappa shape index (κ3) is 2.59. The third-order valence-corrected chi connectivity index (χ3v) is 3.87. The molecular formula is C11H17N3OS. The second kappa shape index (κ2) is 4.93. The Morgan fingerprint density at radius 3 is 3.00 bits per heavy atom. The minimum atomic E-state index is 0.00863. The van der Waals surface area contributed by atoms with Gasteiger partial charge in [0, 0.05) is 4.88 Å². The normalized spacial score (nSPS) is 20.0. The summed E-state index contributed by atoms with van der Waals surface area (Å²) in [6, 6.07) is 0.00863. The van der Waals surface area contributed by atoms with E-state index in [1.54, 1.807) is 11.3 Å². The number of nitrogens with zero attached hydrogens (tertiary/aromatic N) is 1. The van der Waals surface area contributed by atoms with E-state index >= 15 is 0 Å². The van der Waals surface area contributed by atoms with Gasteiger partial charge in [-0.3, -0.25) is 4.79 Å². The summed E-state index contributed by atoms with van der Waals surface area (Å²) in [5.41, 5.74) is 1.03. The zero-order chi connectivity index (χ0) is 11.5. The van der Waals surface area contributed by atoms with Crippen molar-refractivity contribution in [2.45, 2.75) is 39.3 Å². The topological polar surface area (TPSA) is 54.0 Å². The summed E-state index contributed by atoms with van der Waals surface area (Å²) in [5, 5.41) is 7.21. The molecule has 2 N–H and O–H groups in total. The van der Waals surface area contributed by atoms with E-state index in [4.69, 9.17) is 0 Å². The van der Waals surface area contributed by atoms with Crippen molar-refractivity contribution in [2.75, 3.05) is 6.54 Å². The molecule has 0 bridgehead atoms. The second-order valence-corrected chi connectivity index (χ2v) is 5.40. The number of aromatic nitrogens is 1. The van der Waals surface area contributed by atoms with Gasteiger partial charge in [0.15, 0.2) is 0 Å². The van der Waals surface area contributed by atoms with Crippen molar-refractivity contribution in [3.05, 3.63) is 15.6 Å². The Bertz CT molecular complexity index is 383. The molecule has 1 aromatic heterocycles. The Labute approximate surface area is 99.5 Å². The van der Waals surface area contributed by atoms with Crippen molar-refractivity contribution in [1.29, 1.82) is 0 Å². The number of rotatable bonds is 3. The van der Waals surface area contributed by atoms with E-state index in [0.29, 0.717) is 6.54 Å². The molecule has 88 valence electrons. The summed E-state index contributed by atoms with van der Waals surface area (Å²) in [6.07, 6.45) is 2.04. The molecule has 16 heavy (non-hydrogen) atoms. The van der Waals surface area contributed by atoms with Gasteiger partial charge in [0.25, 0.3) is 0 Å². The average Bonchev–Trinajstić information content (AvgIpc) is 2.84. The Kier molecular flexibility index (Phi) is 3.56. The van der Waals surface area contributed by atoms with Crippen molar-refractivity contribution in [2.24, 2.45) is 0 Å². The lowest BCUT2D eigenvalue weighted by atomic mass is 10.2. The number of carbonyl (C=O) groups excluding carboxylic acids is 1. The van der Waals surface area contributed by atoms with Crippen molar-refractivity contribution in [3.8, 4) is 0 Å². The predicted octanol–water partition coefficient (Wildman–Crippen LogP) is 1.13. The molecule has 1 atom stereocenters. The maximum atomic E-state index is 11.7. The molecule has 2 rings (SSSR count). The summed E-state index contributed by atoms with van der Waals surface area (Å²) in [4.78, 5) is 17.2. The van der Waals surface area contributed by atoms with Crippen LogP contribution in [0.15, 0.2) is 0 Å². The van der Waals surface area contributed by atoms with Crippen molar-refractivity contribution in [3.63, 3.8) is 0 Å². The van der Waals surface area contributed by atoms with E-state index in [1.807, 2.05) is 13.8 Å². The summed E-state index contributed by atoms with van der Waals surface area (Å²) >= 11 is 1.65. The first kappa shape index (κ1) is 11.5. The SMILES string of the molecule is Cc1nc(C)c(CNC(=O)C2CCCN2)s1. The minimum absolute atomic E-state index is 0.00863. The molecular weight excluding hydrogens is 222 g/mol. The molecule has 1 amide bonds. The van der Waals surface area contributed by atoms with Crippen molar-refractivity contribution >= 4 is 17.2 Å². The van der Waals surface area contributed by atoms with Crippen LogP contribution in [0.2, 0.25) is 0 Å². The predicted molar refractivity (Wildman–Crippen MR) is 64.5 cm³/mol. The van der Waals surface area contributed by atoms with Crippen LogP contribution in [0, 0.1) is 13.8 Å². The summed E-state index contributed by atoms with van der Waals surface area (Å²) in [5.74, 6) is 0.114. The van der Waals surface area contributed by atoms with Gasteiger partial charge in [0.05, 0.1) is 23.3 Å². The Hall–Kier alpha value is -0.940. The van der Waals surface area contributed by atoms with Crippen LogP contribution < -0.4 is 10.6 Å². The number of amides is 1. The monoisotopic (exact) mass is 239 g/mol. The lowest BCUT2D eigenvalue weighted by Gasteiger charge is -2.10.